The van der Waals surface area contributed by atoms with Crippen LogP contribution < -0.4 is 11.0 Å². The second kappa shape index (κ2) is 6.39. The molecule has 2 rings (SSSR count). The summed E-state index contributed by atoms with van der Waals surface area (Å²) < 4.78 is 1.44. The van der Waals surface area contributed by atoms with Crippen LogP contribution in [-0.2, 0) is 4.79 Å². The Morgan fingerprint density at radius 3 is 2.50 bits per heavy atom. The first-order chi connectivity index (χ1) is 10.3. The molecule has 2 aromatic heterocycles. The topological polar surface area (TPSA) is 76.9 Å². The molecule has 6 nitrogen and oxygen atoms in total. The molecule has 0 saturated heterocycles. The molecule has 0 aromatic carbocycles. The molecule has 0 spiro atoms. The summed E-state index contributed by atoms with van der Waals surface area (Å²) >= 11 is 1.43. The van der Waals surface area contributed by atoms with Crippen LogP contribution in [-0.4, -0.2) is 20.4 Å². The molecule has 1 atom stereocenters. The van der Waals surface area contributed by atoms with Crippen molar-refractivity contribution in [3.8, 4) is 0 Å². The summed E-state index contributed by atoms with van der Waals surface area (Å²) in [6.45, 7) is 9.30. The fourth-order valence-corrected chi connectivity index (χ4v) is 3.16. The van der Waals surface area contributed by atoms with Crippen molar-refractivity contribution < 1.29 is 4.79 Å². The van der Waals surface area contributed by atoms with Gasteiger partial charge in [0.05, 0.1) is 5.69 Å². The normalized spacial score (nSPS) is 12.2. The zero-order valence-electron chi connectivity index (χ0n) is 13.4. The molecule has 2 heterocycles. The number of carbonyl (C=O) groups excluding carboxylic acids is 1. The van der Waals surface area contributed by atoms with Crippen LogP contribution in [0.5, 0.6) is 0 Å². The molecule has 0 aliphatic carbocycles. The average Bonchev–Trinajstić information content (AvgIpc) is 2.72. The summed E-state index contributed by atoms with van der Waals surface area (Å²) in [5, 5.41) is 3.36. The minimum Gasteiger partial charge on any atom is -0.300 e. The number of hydrogen-bond donors (Lipinski definition) is 1. The predicted octanol–water partition coefficient (Wildman–Crippen LogP) is 2.52. The van der Waals surface area contributed by atoms with Gasteiger partial charge in [-0.05, 0) is 40.2 Å². The Labute approximate surface area is 133 Å². The maximum absolute atomic E-state index is 12.5. The molecule has 0 radical (unpaired) electrons. The molecule has 22 heavy (non-hydrogen) atoms. The molecule has 118 valence electrons. The van der Waals surface area contributed by atoms with Crippen molar-refractivity contribution in [1.82, 2.24) is 14.5 Å². The second-order valence-electron chi connectivity index (χ2n) is 5.27. The molecule has 1 unspecified atom stereocenters. The highest BCUT2D eigenvalue weighted by Gasteiger charge is 2.23. The molecule has 0 saturated carbocycles. The van der Waals surface area contributed by atoms with E-state index in [-0.39, 0.29) is 5.91 Å². The van der Waals surface area contributed by atoms with Crippen LogP contribution in [0.25, 0.3) is 0 Å². The summed E-state index contributed by atoms with van der Waals surface area (Å²) in [7, 11) is 0. The van der Waals surface area contributed by atoms with Gasteiger partial charge in [0, 0.05) is 16.3 Å². The molecule has 0 bridgehead atoms. The molecule has 7 heteroatoms. The highest BCUT2D eigenvalue weighted by molar-refractivity contribution is 7.15. The Morgan fingerprint density at radius 1 is 1.32 bits per heavy atom. The van der Waals surface area contributed by atoms with E-state index in [1.165, 1.54) is 15.9 Å². The van der Waals surface area contributed by atoms with E-state index >= 15 is 0 Å². The number of nitrogens with zero attached hydrogens (tertiary/aromatic N) is 3. The molecule has 0 aliphatic heterocycles. The van der Waals surface area contributed by atoms with Crippen LogP contribution in [0, 0.1) is 27.7 Å². The van der Waals surface area contributed by atoms with Crippen molar-refractivity contribution in [3.63, 3.8) is 0 Å². The summed E-state index contributed by atoms with van der Waals surface area (Å²) in [4.78, 5) is 33.9. The van der Waals surface area contributed by atoms with Gasteiger partial charge >= 0.3 is 5.69 Å². The lowest BCUT2D eigenvalue weighted by Crippen LogP contribution is -2.36. The Kier molecular flexibility index (Phi) is 4.75. The van der Waals surface area contributed by atoms with Gasteiger partial charge in [-0.1, -0.05) is 6.92 Å². The quantitative estimate of drug-likeness (QED) is 0.939. The number of hydrogen-bond acceptors (Lipinski definition) is 5. The summed E-state index contributed by atoms with van der Waals surface area (Å²) in [5.41, 5.74) is 1.89. The van der Waals surface area contributed by atoms with E-state index in [1.54, 1.807) is 13.0 Å². The lowest BCUT2D eigenvalue weighted by molar-refractivity contribution is -0.119. The van der Waals surface area contributed by atoms with Crippen LogP contribution in [0.1, 0.15) is 41.3 Å². The highest BCUT2D eigenvalue weighted by Crippen LogP contribution is 2.23. The van der Waals surface area contributed by atoms with Gasteiger partial charge in [-0.2, -0.15) is 4.98 Å². The summed E-state index contributed by atoms with van der Waals surface area (Å²) in [6, 6.07) is 1.21. The molecule has 0 aliphatic rings. The van der Waals surface area contributed by atoms with Gasteiger partial charge in [0.2, 0.25) is 5.91 Å². The van der Waals surface area contributed by atoms with E-state index in [2.05, 4.69) is 15.3 Å². The largest absolute Gasteiger partial charge is 0.348 e. The average molecular weight is 320 g/mol. The second-order valence-corrected chi connectivity index (χ2v) is 6.47. The Morgan fingerprint density at radius 2 is 2.00 bits per heavy atom. The van der Waals surface area contributed by atoms with Gasteiger partial charge < -0.3 is 5.32 Å². The van der Waals surface area contributed by atoms with E-state index in [9.17, 15) is 9.59 Å². The van der Waals surface area contributed by atoms with Crippen molar-refractivity contribution >= 4 is 22.4 Å². The van der Waals surface area contributed by atoms with E-state index < -0.39 is 11.7 Å². The first-order valence-corrected chi connectivity index (χ1v) is 7.96. The fraction of sp³-hybridized carbons (Fsp3) is 0.467. The summed E-state index contributed by atoms with van der Waals surface area (Å²) in [6.07, 6.45) is 0.501. The molecule has 1 amide bonds. The van der Waals surface area contributed by atoms with Crippen molar-refractivity contribution in [1.29, 1.82) is 0 Å². The third-order valence-electron chi connectivity index (χ3n) is 3.54. The van der Waals surface area contributed by atoms with Gasteiger partial charge in [0.15, 0.2) is 5.13 Å². The number of carbonyl (C=O) groups is 1. The van der Waals surface area contributed by atoms with Crippen molar-refractivity contribution in [2.24, 2.45) is 0 Å². The Bertz CT molecular complexity index is 744. The van der Waals surface area contributed by atoms with Gasteiger partial charge in [-0.25, -0.2) is 9.78 Å². The van der Waals surface area contributed by atoms with E-state index in [0.29, 0.717) is 17.2 Å². The van der Waals surface area contributed by atoms with Crippen LogP contribution in [0.3, 0.4) is 0 Å². The van der Waals surface area contributed by atoms with Gasteiger partial charge in [-0.15, -0.1) is 11.3 Å². The van der Waals surface area contributed by atoms with E-state index in [4.69, 9.17) is 0 Å². The van der Waals surface area contributed by atoms with Crippen LogP contribution in [0.2, 0.25) is 0 Å². The number of aryl methyl sites for hydroxylation is 4. The van der Waals surface area contributed by atoms with Crippen LogP contribution >= 0.6 is 11.3 Å². The number of amides is 1. The Balaban J connectivity index is 2.32. The standard InChI is InChI=1S/C15H20N4O2S/c1-6-12(19-9(3)7-8(2)16-15(19)21)13(20)18-14-17-10(4)11(5)22-14/h7,12H,6H2,1-5H3,(H,17,18,20). The lowest BCUT2D eigenvalue weighted by Gasteiger charge is -2.19. The third-order valence-corrected chi connectivity index (χ3v) is 4.52. The van der Waals surface area contributed by atoms with Crippen molar-refractivity contribution in [2.75, 3.05) is 5.32 Å². The van der Waals surface area contributed by atoms with Crippen LogP contribution in [0.15, 0.2) is 10.9 Å². The highest BCUT2D eigenvalue weighted by atomic mass is 32.1. The van der Waals surface area contributed by atoms with Crippen molar-refractivity contribution in [2.45, 2.75) is 47.1 Å². The zero-order chi connectivity index (χ0) is 16.4. The first kappa shape index (κ1) is 16.4. The lowest BCUT2D eigenvalue weighted by atomic mass is 10.2. The fourth-order valence-electron chi connectivity index (χ4n) is 2.34. The minimum atomic E-state index is -0.592. The zero-order valence-corrected chi connectivity index (χ0v) is 14.2. The van der Waals surface area contributed by atoms with E-state index in [0.717, 1.165) is 16.3 Å². The smallest absolute Gasteiger partial charge is 0.300 e. The van der Waals surface area contributed by atoms with Crippen molar-refractivity contribution in [3.05, 3.63) is 38.5 Å². The predicted molar refractivity (Wildman–Crippen MR) is 87.5 cm³/mol. The molecule has 2 aromatic rings. The molecule has 1 N–H and O–H groups in total. The third kappa shape index (κ3) is 3.24. The number of rotatable bonds is 4. The van der Waals surface area contributed by atoms with Gasteiger partial charge in [0.1, 0.15) is 6.04 Å². The number of anilines is 1. The first-order valence-electron chi connectivity index (χ1n) is 7.15. The van der Waals surface area contributed by atoms with E-state index in [1.807, 2.05) is 27.7 Å². The Hall–Kier alpha value is -2.02. The molecular weight excluding hydrogens is 300 g/mol. The molecule has 0 fully saturated rings. The number of thiazole rings is 1. The minimum absolute atomic E-state index is 0.243. The number of nitrogens with one attached hydrogen (secondary N) is 1. The summed E-state index contributed by atoms with van der Waals surface area (Å²) in [5.74, 6) is -0.243. The van der Waals surface area contributed by atoms with Gasteiger partial charge in [0.25, 0.3) is 0 Å². The monoisotopic (exact) mass is 320 g/mol. The maximum Gasteiger partial charge on any atom is 0.348 e. The number of aromatic nitrogens is 3. The van der Waals surface area contributed by atoms with Crippen LogP contribution in [0.4, 0.5) is 5.13 Å². The van der Waals surface area contributed by atoms with Gasteiger partial charge in [-0.3, -0.25) is 9.36 Å². The SMILES string of the molecule is CCC(C(=O)Nc1nc(C)c(C)s1)n1c(C)cc(C)nc1=O. The molecular formula is C15H20N4O2S. The maximum atomic E-state index is 12.5.